The van der Waals surface area contributed by atoms with Gasteiger partial charge in [-0.3, -0.25) is 10.1 Å². The molecule has 0 bridgehead atoms. The second kappa shape index (κ2) is 7.48. The monoisotopic (exact) mass is 419 g/mol. The largest absolute Gasteiger partial charge is 0.465 e. The third kappa shape index (κ3) is 3.97. The molecular formula is C23H21N3O5. The number of rotatable bonds is 5. The van der Waals surface area contributed by atoms with Crippen molar-refractivity contribution in [2.45, 2.75) is 30.9 Å². The SMILES string of the molecule is CC1(O)CC(NC(=O)O)(c2ccc(-c3ncc([N+](=O)[O-])cc3-c3ccccc3)cc2)C1. The second-order valence-electron chi connectivity index (χ2n) is 8.15. The first-order chi connectivity index (χ1) is 14.7. The molecule has 4 rings (SSSR count). The van der Waals surface area contributed by atoms with Crippen LogP contribution in [-0.2, 0) is 5.54 Å². The second-order valence-corrected chi connectivity index (χ2v) is 8.15. The van der Waals surface area contributed by atoms with Gasteiger partial charge in [0.25, 0.3) is 5.69 Å². The first-order valence-electron chi connectivity index (χ1n) is 9.73. The molecule has 3 aromatic rings. The standard InChI is InChI=1S/C23H21N3O5/c1-22(29)13-23(14-22,25-21(27)28)17-9-7-16(8-10-17)20-19(15-5-3-2-4-6-15)11-18(12-24-20)26(30)31/h2-12,25,29H,13-14H2,1H3,(H,27,28). The first kappa shape index (κ1) is 20.5. The number of nitrogens with zero attached hydrogens (tertiary/aromatic N) is 2. The smallest absolute Gasteiger partial charge is 0.405 e. The van der Waals surface area contributed by atoms with Gasteiger partial charge in [0.05, 0.1) is 21.8 Å². The van der Waals surface area contributed by atoms with Crippen LogP contribution in [0.15, 0.2) is 66.9 Å². The van der Waals surface area contributed by atoms with Crippen molar-refractivity contribution < 1.29 is 19.9 Å². The van der Waals surface area contributed by atoms with E-state index < -0.39 is 22.2 Å². The van der Waals surface area contributed by atoms with Gasteiger partial charge in [0.15, 0.2) is 0 Å². The Morgan fingerprint density at radius 3 is 2.29 bits per heavy atom. The Labute approximate surface area is 178 Å². The van der Waals surface area contributed by atoms with Gasteiger partial charge in [0, 0.05) is 30.0 Å². The van der Waals surface area contributed by atoms with Crippen molar-refractivity contribution in [3.63, 3.8) is 0 Å². The van der Waals surface area contributed by atoms with E-state index in [1.807, 2.05) is 42.5 Å². The summed E-state index contributed by atoms with van der Waals surface area (Å²) < 4.78 is 0. The maximum absolute atomic E-state index is 11.3. The highest BCUT2D eigenvalue weighted by atomic mass is 16.6. The van der Waals surface area contributed by atoms with Crippen molar-refractivity contribution in [1.29, 1.82) is 0 Å². The molecule has 1 aromatic heterocycles. The lowest BCUT2D eigenvalue weighted by Crippen LogP contribution is -2.61. The minimum atomic E-state index is -1.15. The lowest BCUT2D eigenvalue weighted by atomic mass is 9.62. The molecule has 0 aliphatic heterocycles. The summed E-state index contributed by atoms with van der Waals surface area (Å²) in [5.41, 5.74) is 1.64. The molecule has 0 atom stereocenters. The number of amides is 1. The zero-order valence-electron chi connectivity index (χ0n) is 16.8. The van der Waals surface area contributed by atoms with Crippen molar-refractivity contribution >= 4 is 11.8 Å². The zero-order chi connectivity index (χ0) is 22.2. The summed E-state index contributed by atoms with van der Waals surface area (Å²) in [5, 5.41) is 33.2. The van der Waals surface area contributed by atoms with Crippen molar-refractivity contribution in [3.05, 3.63) is 82.5 Å². The molecule has 1 saturated carbocycles. The summed E-state index contributed by atoms with van der Waals surface area (Å²) in [6.45, 7) is 1.68. The maximum Gasteiger partial charge on any atom is 0.405 e. The van der Waals surface area contributed by atoms with Crippen LogP contribution in [0.1, 0.15) is 25.3 Å². The van der Waals surface area contributed by atoms with Crippen molar-refractivity contribution in [1.82, 2.24) is 10.3 Å². The molecule has 1 aliphatic carbocycles. The normalized spacial score (nSPS) is 22.4. The van der Waals surface area contributed by atoms with Crippen LogP contribution >= 0.6 is 0 Å². The molecule has 8 heteroatoms. The molecule has 1 aliphatic rings. The molecule has 158 valence electrons. The molecule has 1 heterocycles. The Hall–Kier alpha value is -3.78. The number of benzene rings is 2. The summed E-state index contributed by atoms with van der Waals surface area (Å²) in [4.78, 5) is 26.4. The average molecular weight is 419 g/mol. The van der Waals surface area contributed by atoms with E-state index in [4.69, 9.17) is 0 Å². The van der Waals surface area contributed by atoms with Crippen LogP contribution in [0.2, 0.25) is 0 Å². The number of aromatic nitrogens is 1. The van der Waals surface area contributed by atoms with Crippen molar-refractivity contribution in [3.8, 4) is 22.4 Å². The third-order valence-electron chi connectivity index (χ3n) is 5.59. The number of hydrogen-bond acceptors (Lipinski definition) is 5. The van der Waals surface area contributed by atoms with E-state index in [0.29, 0.717) is 11.3 Å². The molecule has 1 amide bonds. The minimum absolute atomic E-state index is 0.0967. The fourth-order valence-electron chi connectivity index (χ4n) is 4.39. The van der Waals surface area contributed by atoms with Gasteiger partial charge in [-0.1, -0.05) is 54.6 Å². The summed E-state index contributed by atoms with van der Waals surface area (Å²) >= 11 is 0. The van der Waals surface area contributed by atoms with Gasteiger partial charge in [-0.05, 0) is 18.1 Å². The van der Waals surface area contributed by atoms with Gasteiger partial charge in [-0.25, -0.2) is 9.78 Å². The van der Waals surface area contributed by atoms with Gasteiger partial charge in [-0.15, -0.1) is 0 Å². The van der Waals surface area contributed by atoms with E-state index in [1.165, 1.54) is 12.3 Å². The van der Waals surface area contributed by atoms with Crippen LogP contribution in [0, 0.1) is 10.1 Å². The molecule has 0 spiro atoms. The first-order valence-corrected chi connectivity index (χ1v) is 9.73. The number of pyridine rings is 1. The van der Waals surface area contributed by atoms with Gasteiger partial charge in [-0.2, -0.15) is 0 Å². The predicted octanol–water partition coefficient (Wildman–Crippen LogP) is 4.33. The van der Waals surface area contributed by atoms with E-state index in [1.54, 1.807) is 19.1 Å². The highest BCUT2D eigenvalue weighted by molar-refractivity contribution is 5.82. The Bertz CT molecular complexity index is 1140. The van der Waals surface area contributed by atoms with Crippen molar-refractivity contribution in [2.24, 2.45) is 0 Å². The van der Waals surface area contributed by atoms with Gasteiger partial charge in [0.2, 0.25) is 0 Å². The van der Waals surface area contributed by atoms with E-state index in [9.17, 15) is 25.1 Å². The minimum Gasteiger partial charge on any atom is -0.465 e. The number of hydrogen-bond donors (Lipinski definition) is 3. The number of carbonyl (C=O) groups is 1. The fourth-order valence-corrected chi connectivity index (χ4v) is 4.39. The summed E-state index contributed by atoms with van der Waals surface area (Å²) in [6.07, 6.45) is 0.627. The Kier molecular flexibility index (Phi) is 4.94. The van der Waals surface area contributed by atoms with Gasteiger partial charge in [0.1, 0.15) is 6.20 Å². The van der Waals surface area contributed by atoms with Gasteiger partial charge >= 0.3 is 6.09 Å². The number of carboxylic acid groups (broad SMARTS) is 1. The average Bonchev–Trinajstić information content (AvgIpc) is 2.72. The molecular weight excluding hydrogens is 398 g/mol. The Morgan fingerprint density at radius 1 is 1.10 bits per heavy atom. The van der Waals surface area contributed by atoms with E-state index in [0.717, 1.165) is 16.7 Å². The molecule has 0 saturated heterocycles. The van der Waals surface area contributed by atoms with E-state index in [2.05, 4.69) is 10.3 Å². The quantitative estimate of drug-likeness (QED) is 0.417. The van der Waals surface area contributed by atoms with Crippen LogP contribution in [0.25, 0.3) is 22.4 Å². The molecule has 31 heavy (non-hydrogen) atoms. The lowest BCUT2D eigenvalue weighted by molar-refractivity contribution is -0.385. The van der Waals surface area contributed by atoms with E-state index in [-0.39, 0.29) is 18.5 Å². The predicted molar refractivity (Wildman–Crippen MR) is 114 cm³/mol. The van der Waals surface area contributed by atoms with Crippen molar-refractivity contribution in [2.75, 3.05) is 0 Å². The van der Waals surface area contributed by atoms with Crippen LogP contribution < -0.4 is 5.32 Å². The number of nitrogens with one attached hydrogen (secondary N) is 1. The highest BCUT2D eigenvalue weighted by Crippen LogP contribution is 2.48. The van der Waals surface area contributed by atoms with Crippen LogP contribution in [0.5, 0.6) is 0 Å². The molecule has 0 radical (unpaired) electrons. The summed E-state index contributed by atoms with van der Waals surface area (Å²) in [7, 11) is 0. The molecule has 3 N–H and O–H groups in total. The summed E-state index contributed by atoms with van der Waals surface area (Å²) in [6, 6.07) is 18.0. The fraction of sp³-hybridized carbons (Fsp3) is 0.217. The maximum atomic E-state index is 11.3. The highest BCUT2D eigenvalue weighted by Gasteiger charge is 2.53. The molecule has 8 nitrogen and oxygen atoms in total. The lowest BCUT2D eigenvalue weighted by Gasteiger charge is -2.51. The number of aliphatic hydroxyl groups is 1. The van der Waals surface area contributed by atoms with Gasteiger partial charge < -0.3 is 15.5 Å². The molecule has 1 fully saturated rings. The third-order valence-corrected chi connectivity index (χ3v) is 5.59. The molecule has 0 unspecified atom stereocenters. The zero-order valence-corrected chi connectivity index (χ0v) is 16.8. The van der Waals surface area contributed by atoms with Crippen LogP contribution in [0.4, 0.5) is 10.5 Å². The Morgan fingerprint density at radius 2 is 1.74 bits per heavy atom. The molecule has 2 aromatic carbocycles. The van der Waals surface area contributed by atoms with E-state index >= 15 is 0 Å². The number of nitro groups is 1. The van der Waals surface area contributed by atoms with Crippen LogP contribution in [-0.4, -0.2) is 31.8 Å². The van der Waals surface area contributed by atoms with Crippen LogP contribution in [0.3, 0.4) is 0 Å². The summed E-state index contributed by atoms with van der Waals surface area (Å²) in [5.74, 6) is 0. The topological polar surface area (TPSA) is 126 Å². The Balaban J connectivity index is 1.74.